The van der Waals surface area contributed by atoms with E-state index in [9.17, 15) is 4.79 Å². The second-order valence-corrected chi connectivity index (χ2v) is 7.12. The third-order valence-electron chi connectivity index (χ3n) is 4.95. The number of aryl methyl sites for hydroxylation is 1. The van der Waals surface area contributed by atoms with Crippen LogP contribution in [-0.4, -0.2) is 18.0 Å². The molecule has 1 aliphatic carbocycles. The molecule has 0 atom stereocenters. The molecule has 1 aliphatic rings. The van der Waals surface area contributed by atoms with Crippen LogP contribution >= 0.6 is 0 Å². The van der Waals surface area contributed by atoms with Crippen LogP contribution in [0.4, 0.5) is 0 Å². The quantitative estimate of drug-likeness (QED) is 0.798. The number of benzene rings is 1. The Bertz CT molecular complexity index is 492. The van der Waals surface area contributed by atoms with E-state index in [2.05, 4.69) is 32.9 Å². The summed E-state index contributed by atoms with van der Waals surface area (Å²) in [5, 5.41) is 0. The zero-order valence-electron chi connectivity index (χ0n) is 13.9. The summed E-state index contributed by atoms with van der Waals surface area (Å²) in [4.78, 5) is 12.9. The lowest BCUT2D eigenvalue weighted by Crippen LogP contribution is -2.47. The van der Waals surface area contributed by atoms with Crippen LogP contribution in [0.3, 0.4) is 0 Å². The van der Waals surface area contributed by atoms with Gasteiger partial charge in [0.1, 0.15) is 5.60 Å². The van der Waals surface area contributed by atoms with Crippen molar-refractivity contribution >= 4 is 5.78 Å². The van der Waals surface area contributed by atoms with E-state index in [4.69, 9.17) is 4.74 Å². The van der Waals surface area contributed by atoms with E-state index in [1.807, 2.05) is 19.1 Å². The summed E-state index contributed by atoms with van der Waals surface area (Å²) in [6.45, 7) is 9.24. The highest BCUT2D eigenvalue weighted by Crippen LogP contribution is 2.43. The maximum atomic E-state index is 12.9. The first-order chi connectivity index (χ1) is 9.88. The number of Topliss-reactive ketones (excluding diaryl/α,β-unsaturated/α-hetero) is 1. The van der Waals surface area contributed by atoms with Crippen LogP contribution in [0.15, 0.2) is 24.3 Å². The van der Waals surface area contributed by atoms with Crippen LogP contribution < -0.4 is 0 Å². The second-order valence-electron chi connectivity index (χ2n) is 7.12. The highest BCUT2D eigenvalue weighted by Gasteiger charge is 2.44. The van der Waals surface area contributed by atoms with Gasteiger partial charge in [-0.15, -0.1) is 0 Å². The fraction of sp³-hybridized carbons (Fsp3) is 0.632. The van der Waals surface area contributed by atoms with Crippen molar-refractivity contribution in [1.82, 2.24) is 0 Å². The minimum absolute atomic E-state index is 0.258. The van der Waals surface area contributed by atoms with Crippen LogP contribution in [0.5, 0.6) is 0 Å². The van der Waals surface area contributed by atoms with E-state index in [0.717, 1.165) is 31.2 Å². The van der Waals surface area contributed by atoms with Crippen molar-refractivity contribution in [2.75, 3.05) is 6.61 Å². The van der Waals surface area contributed by atoms with Gasteiger partial charge in [-0.1, -0.05) is 38.1 Å². The lowest BCUT2D eigenvalue weighted by atomic mass is 9.69. The van der Waals surface area contributed by atoms with E-state index >= 15 is 0 Å². The van der Waals surface area contributed by atoms with Gasteiger partial charge < -0.3 is 4.74 Å². The van der Waals surface area contributed by atoms with Gasteiger partial charge in [-0.2, -0.15) is 0 Å². The molecule has 0 saturated heterocycles. The molecular formula is C19H28O2. The van der Waals surface area contributed by atoms with Crippen molar-refractivity contribution in [1.29, 1.82) is 0 Å². The number of hydrogen-bond donors (Lipinski definition) is 0. The summed E-state index contributed by atoms with van der Waals surface area (Å²) in [7, 11) is 0. The number of hydrogen-bond acceptors (Lipinski definition) is 2. The van der Waals surface area contributed by atoms with E-state index < -0.39 is 5.60 Å². The van der Waals surface area contributed by atoms with E-state index in [1.165, 1.54) is 5.56 Å². The Labute approximate surface area is 128 Å². The minimum atomic E-state index is -0.549. The van der Waals surface area contributed by atoms with Gasteiger partial charge in [0, 0.05) is 13.0 Å². The lowest BCUT2D eigenvalue weighted by molar-refractivity contribution is -0.151. The van der Waals surface area contributed by atoms with Gasteiger partial charge in [0.2, 0.25) is 0 Å². The van der Waals surface area contributed by atoms with Crippen LogP contribution in [0.25, 0.3) is 0 Å². The maximum absolute atomic E-state index is 12.9. The maximum Gasteiger partial charge on any atom is 0.168 e. The number of carbonyl (C=O) groups excluding carboxylic acids is 1. The van der Waals surface area contributed by atoms with Crippen LogP contribution in [0, 0.1) is 12.3 Å². The number of rotatable bonds is 5. The normalized spacial score (nSPS) is 20.2. The molecule has 0 bridgehead atoms. The number of carbonyl (C=O) groups is 1. The molecule has 0 heterocycles. The Morgan fingerprint density at radius 1 is 1.14 bits per heavy atom. The summed E-state index contributed by atoms with van der Waals surface area (Å²) >= 11 is 0. The predicted octanol–water partition coefficient (Wildman–Crippen LogP) is 4.48. The van der Waals surface area contributed by atoms with Crippen molar-refractivity contribution in [3.63, 3.8) is 0 Å². The number of ketones is 1. The topological polar surface area (TPSA) is 26.3 Å². The van der Waals surface area contributed by atoms with Gasteiger partial charge >= 0.3 is 0 Å². The van der Waals surface area contributed by atoms with Crippen molar-refractivity contribution in [3.05, 3.63) is 35.4 Å². The third-order valence-corrected chi connectivity index (χ3v) is 4.95. The average molecular weight is 288 g/mol. The molecule has 21 heavy (non-hydrogen) atoms. The SMILES string of the molecule is CCOC1(C(=O)Cc2ccccc2C)CCC(C)(C)CC1. The van der Waals surface area contributed by atoms with Gasteiger partial charge in [0.25, 0.3) is 0 Å². The van der Waals surface area contributed by atoms with Gasteiger partial charge in [0.15, 0.2) is 5.78 Å². The van der Waals surface area contributed by atoms with Crippen LogP contribution in [0.1, 0.15) is 57.6 Å². The Morgan fingerprint density at radius 2 is 1.76 bits per heavy atom. The van der Waals surface area contributed by atoms with Gasteiger partial charge in [-0.05, 0) is 56.1 Å². The lowest BCUT2D eigenvalue weighted by Gasteiger charge is -2.42. The molecule has 1 fully saturated rings. The molecule has 0 spiro atoms. The molecule has 2 heteroatoms. The largest absolute Gasteiger partial charge is 0.367 e. The first-order valence-electron chi connectivity index (χ1n) is 8.10. The standard InChI is InChI=1S/C19H28O2/c1-5-21-19(12-10-18(3,4)11-13-19)17(20)14-16-9-7-6-8-15(16)2/h6-9H,5,10-14H2,1-4H3. The third kappa shape index (κ3) is 3.74. The average Bonchev–Trinajstić information content (AvgIpc) is 2.44. The minimum Gasteiger partial charge on any atom is -0.367 e. The molecular weight excluding hydrogens is 260 g/mol. The van der Waals surface area contributed by atoms with Gasteiger partial charge in [-0.3, -0.25) is 4.79 Å². The molecule has 1 saturated carbocycles. The molecule has 1 aromatic carbocycles. The molecule has 2 nitrogen and oxygen atoms in total. The van der Waals surface area contributed by atoms with Crippen LogP contribution in [-0.2, 0) is 16.0 Å². The molecule has 0 aromatic heterocycles. The summed E-state index contributed by atoms with van der Waals surface area (Å²) in [6.07, 6.45) is 4.34. The summed E-state index contributed by atoms with van der Waals surface area (Å²) in [5.74, 6) is 0.258. The molecule has 1 aromatic rings. The number of ether oxygens (including phenoxy) is 1. The van der Waals surface area contributed by atoms with Crippen LogP contribution in [0.2, 0.25) is 0 Å². The molecule has 0 amide bonds. The predicted molar refractivity (Wildman–Crippen MR) is 86.5 cm³/mol. The first-order valence-corrected chi connectivity index (χ1v) is 8.10. The van der Waals surface area contributed by atoms with Crippen molar-refractivity contribution in [3.8, 4) is 0 Å². The zero-order chi connectivity index (χ0) is 15.5. The molecule has 0 unspecified atom stereocenters. The molecule has 0 radical (unpaired) electrons. The summed E-state index contributed by atoms with van der Waals surface area (Å²) in [5.41, 5.74) is 2.11. The van der Waals surface area contributed by atoms with E-state index in [-0.39, 0.29) is 5.78 Å². The summed E-state index contributed by atoms with van der Waals surface area (Å²) < 4.78 is 5.99. The fourth-order valence-corrected chi connectivity index (χ4v) is 3.25. The Balaban J connectivity index is 2.15. The Morgan fingerprint density at radius 3 is 2.33 bits per heavy atom. The Hall–Kier alpha value is -1.15. The van der Waals surface area contributed by atoms with Crippen molar-refractivity contribution in [2.24, 2.45) is 5.41 Å². The summed E-state index contributed by atoms with van der Waals surface area (Å²) in [6, 6.07) is 8.15. The molecule has 2 rings (SSSR count). The van der Waals surface area contributed by atoms with Crippen molar-refractivity contribution < 1.29 is 9.53 Å². The van der Waals surface area contributed by atoms with Gasteiger partial charge in [-0.25, -0.2) is 0 Å². The van der Waals surface area contributed by atoms with E-state index in [1.54, 1.807) is 0 Å². The monoisotopic (exact) mass is 288 g/mol. The molecule has 0 N–H and O–H groups in total. The smallest absolute Gasteiger partial charge is 0.168 e. The van der Waals surface area contributed by atoms with Gasteiger partial charge in [0.05, 0.1) is 0 Å². The second kappa shape index (κ2) is 6.31. The molecule has 116 valence electrons. The highest BCUT2D eigenvalue weighted by atomic mass is 16.5. The Kier molecular flexibility index (Phi) is 4.88. The zero-order valence-corrected chi connectivity index (χ0v) is 13.9. The van der Waals surface area contributed by atoms with E-state index in [0.29, 0.717) is 18.4 Å². The van der Waals surface area contributed by atoms with Crippen molar-refractivity contribution in [2.45, 2.75) is 65.4 Å². The molecule has 0 aliphatic heterocycles. The fourth-order valence-electron chi connectivity index (χ4n) is 3.25. The highest BCUT2D eigenvalue weighted by molar-refractivity contribution is 5.89. The first kappa shape index (κ1) is 16.2.